The largest absolute Gasteiger partial charge is 0.480 e. The third-order valence-electron chi connectivity index (χ3n) is 2.57. The fraction of sp³-hybridized carbons (Fsp3) is 0.385. The van der Waals surface area contributed by atoms with Gasteiger partial charge in [-0.05, 0) is 18.1 Å². The Labute approximate surface area is 115 Å². The van der Waals surface area contributed by atoms with Crippen molar-refractivity contribution >= 4 is 12.0 Å². The standard InChI is InChI=1S/C13H17FN2O4/c1-20-8-11(12(17)18)16-13(19)15-7-6-9-4-2-3-5-10(9)14/h2-5,11H,6-8H2,1H3,(H,17,18)(H2,15,16,19). The topological polar surface area (TPSA) is 87.7 Å². The Morgan fingerprint density at radius 3 is 2.70 bits per heavy atom. The van der Waals surface area contributed by atoms with E-state index in [9.17, 15) is 14.0 Å². The van der Waals surface area contributed by atoms with Crippen LogP contribution in [-0.2, 0) is 16.0 Å². The number of hydrogen-bond donors (Lipinski definition) is 3. The van der Waals surface area contributed by atoms with Crippen LogP contribution in [0.5, 0.6) is 0 Å². The molecule has 0 radical (unpaired) electrons. The van der Waals surface area contributed by atoms with Crippen LogP contribution in [0.25, 0.3) is 0 Å². The van der Waals surface area contributed by atoms with E-state index in [4.69, 9.17) is 5.11 Å². The van der Waals surface area contributed by atoms with Gasteiger partial charge in [0.05, 0.1) is 6.61 Å². The quantitative estimate of drug-likeness (QED) is 0.690. The summed E-state index contributed by atoms with van der Waals surface area (Å²) in [7, 11) is 1.34. The van der Waals surface area contributed by atoms with Crippen LogP contribution in [0, 0.1) is 5.82 Å². The number of urea groups is 1. The Morgan fingerprint density at radius 1 is 1.40 bits per heavy atom. The molecule has 2 amide bonds. The maximum absolute atomic E-state index is 13.3. The number of methoxy groups -OCH3 is 1. The Balaban J connectivity index is 2.36. The summed E-state index contributed by atoms with van der Waals surface area (Å²) >= 11 is 0. The van der Waals surface area contributed by atoms with E-state index < -0.39 is 18.0 Å². The predicted octanol–water partition coefficient (Wildman–Crippen LogP) is 0.767. The molecular formula is C13H17FN2O4. The summed E-state index contributed by atoms with van der Waals surface area (Å²) in [6.45, 7) is 0.0716. The average molecular weight is 284 g/mol. The molecule has 3 N–H and O–H groups in total. The maximum Gasteiger partial charge on any atom is 0.328 e. The van der Waals surface area contributed by atoms with Crippen molar-refractivity contribution < 1.29 is 23.8 Å². The number of aliphatic carboxylic acids is 1. The Bertz CT molecular complexity index is 467. The van der Waals surface area contributed by atoms with Crippen molar-refractivity contribution in [3.05, 3.63) is 35.6 Å². The minimum absolute atomic E-state index is 0.129. The Kier molecular flexibility index (Phi) is 6.45. The number of carboxylic acids is 1. The molecule has 0 saturated carbocycles. The van der Waals surface area contributed by atoms with Crippen LogP contribution in [0.15, 0.2) is 24.3 Å². The molecule has 0 heterocycles. The lowest BCUT2D eigenvalue weighted by Gasteiger charge is -2.14. The van der Waals surface area contributed by atoms with Crippen LogP contribution in [0.4, 0.5) is 9.18 Å². The fourth-order valence-electron chi connectivity index (χ4n) is 1.56. The second-order valence-corrected chi connectivity index (χ2v) is 4.09. The van der Waals surface area contributed by atoms with Gasteiger partial charge in [-0.3, -0.25) is 0 Å². The van der Waals surface area contributed by atoms with Gasteiger partial charge in [-0.15, -0.1) is 0 Å². The van der Waals surface area contributed by atoms with Crippen molar-refractivity contribution in [2.45, 2.75) is 12.5 Å². The number of carbonyl (C=O) groups is 2. The van der Waals surface area contributed by atoms with Crippen LogP contribution < -0.4 is 10.6 Å². The van der Waals surface area contributed by atoms with Gasteiger partial charge in [-0.25, -0.2) is 14.0 Å². The van der Waals surface area contributed by atoms with E-state index in [2.05, 4.69) is 15.4 Å². The van der Waals surface area contributed by atoms with Crippen LogP contribution in [-0.4, -0.2) is 43.4 Å². The Morgan fingerprint density at radius 2 is 2.10 bits per heavy atom. The highest BCUT2D eigenvalue weighted by molar-refractivity contribution is 5.82. The normalized spacial score (nSPS) is 11.7. The number of carboxylic acid groups (broad SMARTS) is 1. The summed E-state index contributed by atoms with van der Waals surface area (Å²) < 4.78 is 18.0. The highest BCUT2D eigenvalue weighted by Gasteiger charge is 2.19. The molecule has 1 aromatic carbocycles. The maximum atomic E-state index is 13.3. The molecule has 0 aliphatic carbocycles. The van der Waals surface area contributed by atoms with Crippen LogP contribution in [0.1, 0.15) is 5.56 Å². The molecular weight excluding hydrogens is 267 g/mol. The molecule has 0 aliphatic rings. The van der Waals surface area contributed by atoms with Crippen molar-refractivity contribution in [2.75, 3.05) is 20.3 Å². The lowest BCUT2D eigenvalue weighted by atomic mass is 10.1. The molecule has 0 spiro atoms. The summed E-state index contributed by atoms with van der Waals surface area (Å²) in [4.78, 5) is 22.3. The lowest BCUT2D eigenvalue weighted by molar-refractivity contribution is -0.140. The van der Waals surface area contributed by atoms with Crippen molar-refractivity contribution in [1.82, 2.24) is 10.6 Å². The first-order chi connectivity index (χ1) is 9.54. The van der Waals surface area contributed by atoms with Crippen molar-refractivity contribution in [2.24, 2.45) is 0 Å². The summed E-state index contributed by atoms with van der Waals surface area (Å²) in [5.74, 6) is -1.52. The molecule has 1 atom stereocenters. The number of carbonyl (C=O) groups excluding carboxylic acids is 1. The molecule has 1 aromatic rings. The number of halogens is 1. The van der Waals surface area contributed by atoms with E-state index in [1.807, 2.05) is 0 Å². The van der Waals surface area contributed by atoms with Gasteiger partial charge in [0.25, 0.3) is 0 Å². The number of benzene rings is 1. The van der Waals surface area contributed by atoms with Gasteiger partial charge in [0.15, 0.2) is 6.04 Å². The van der Waals surface area contributed by atoms with E-state index in [0.717, 1.165) is 0 Å². The summed E-state index contributed by atoms with van der Waals surface area (Å²) in [6.07, 6.45) is 0.322. The first-order valence-corrected chi connectivity index (χ1v) is 6.04. The molecule has 0 saturated heterocycles. The van der Waals surface area contributed by atoms with E-state index in [1.54, 1.807) is 18.2 Å². The second kappa shape index (κ2) is 8.11. The van der Waals surface area contributed by atoms with Crippen LogP contribution >= 0.6 is 0 Å². The van der Waals surface area contributed by atoms with Gasteiger partial charge in [0.1, 0.15) is 5.82 Å². The first kappa shape index (κ1) is 15.9. The first-order valence-electron chi connectivity index (χ1n) is 6.04. The molecule has 0 aromatic heterocycles. The second-order valence-electron chi connectivity index (χ2n) is 4.09. The smallest absolute Gasteiger partial charge is 0.328 e. The number of rotatable bonds is 7. The van der Waals surface area contributed by atoms with E-state index in [0.29, 0.717) is 12.0 Å². The zero-order valence-corrected chi connectivity index (χ0v) is 11.1. The van der Waals surface area contributed by atoms with Crippen LogP contribution in [0.2, 0.25) is 0 Å². The van der Waals surface area contributed by atoms with Crippen molar-refractivity contribution in [3.63, 3.8) is 0 Å². The van der Waals surface area contributed by atoms with Gasteiger partial charge in [0.2, 0.25) is 0 Å². The summed E-state index contributed by atoms with van der Waals surface area (Å²) in [6, 6.07) is 4.51. The number of ether oxygens (including phenoxy) is 1. The van der Waals surface area contributed by atoms with Crippen LogP contribution in [0.3, 0.4) is 0 Å². The molecule has 1 unspecified atom stereocenters. The number of hydrogen-bond acceptors (Lipinski definition) is 3. The molecule has 20 heavy (non-hydrogen) atoms. The Hall–Kier alpha value is -2.15. The number of amides is 2. The minimum Gasteiger partial charge on any atom is -0.480 e. The van der Waals surface area contributed by atoms with E-state index >= 15 is 0 Å². The SMILES string of the molecule is COCC(NC(=O)NCCc1ccccc1F)C(=O)O. The summed E-state index contributed by atoms with van der Waals surface area (Å²) in [5.41, 5.74) is 0.486. The molecule has 0 aliphatic heterocycles. The van der Waals surface area contributed by atoms with E-state index in [-0.39, 0.29) is 19.0 Å². The zero-order chi connectivity index (χ0) is 15.0. The van der Waals surface area contributed by atoms with Gasteiger partial charge < -0.3 is 20.5 Å². The molecule has 6 nitrogen and oxygen atoms in total. The predicted molar refractivity (Wildman–Crippen MR) is 69.9 cm³/mol. The highest BCUT2D eigenvalue weighted by atomic mass is 19.1. The van der Waals surface area contributed by atoms with Crippen molar-refractivity contribution in [1.29, 1.82) is 0 Å². The van der Waals surface area contributed by atoms with Gasteiger partial charge in [-0.2, -0.15) is 0 Å². The van der Waals surface area contributed by atoms with Gasteiger partial charge >= 0.3 is 12.0 Å². The third-order valence-corrected chi connectivity index (χ3v) is 2.57. The highest BCUT2D eigenvalue weighted by Crippen LogP contribution is 2.05. The average Bonchev–Trinajstić information content (AvgIpc) is 2.40. The monoisotopic (exact) mass is 284 g/mol. The third kappa shape index (κ3) is 5.23. The van der Waals surface area contributed by atoms with E-state index in [1.165, 1.54) is 13.2 Å². The molecule has 110 valence electrons. The van der Waals surface area contributed by atoms with Gasteiger partial charge in [0, 0.05) is 13.7 Å². The molecule has 1 rings (SSSR count). The zero-order valence-electron chi connectivity index (χ0n) is 11.1. The lowest BCUT2D eigenvalue weighted by Crippen LogP contribution is -2.48. The van der Waals surface area contributed by atoms with Crippen molar-refractivity contribution in [3.8, 4) is 0 Å². The molecule has 7 heteroatoms. The summed E-state index contributed by atoms with van der Waals surface area (Å²) in [5, 5.41) is 13.5. The fourth-order valence-corrected chi connectivity index (χ4v) is 1.56. The number of nitrogens with one attached hydrogen (secondary N) is 2. The van der Waals surface area contributed by atoms with Gasteiger partial charge in [-0.1, -0.05) is 18.2 Å². The minimum atomic E-state index is -1.18. The molecule has 0 bridgehead atoms. The molecule has 0 fully saturated rings.